The third kappa shape index (κ3) is 2.44. The molecule has 3 rings (SSSR count). The lowest BCUT2D eigenvalue weighted by Gasteiger charge is -2.12. The molecular weight excluding hydrogens is 262 g/mol. The topological polar surface area (TPSA) is 42.4 Å². The first kappa shape index (κ1) is 12.5. The first-order valence-electron chi connectivity index (χ1n) is 6.27. The van der Waals surface area contributed by atoms with Crippen LogP contribution in [-0.4, -0.2) is 10.1 Å². The predicted octanol–water partition coefficient (Wildman–Crippen LogP) is 3.29. The van der Waals surface area contributed by atoms with E-state index < -0.39 is 0 Å². The van der Waals surface area contributed by atoms with Crippen molar-refractivity contribution in [1.29, 1.82) is 0 Å². The van der Waals surface area contributed by atoms with Crippen molar-refractivity contribution in [3.05, 3.63) is 58.4 Å². The molecule has 1 aliphatic rings. The van der Waals surface area contributed by atoms with Crippen LogP contribution >= 0.6 is 11.6 Å². The number of benzene rings is 1. The zero-order valence-electron chi connectivity index (χ0n) is 10.3. The van der Waals surface area contributed by atoms with Crippen LogP contribution in [0.2, 0.25) is 5.02 Å². The average Bonchev–Trinajstić information content (AvgIpc) is 2.81. The van der Waals surface area contributed by atoms with Crippen LogP contribution < -0.4 is 4.74 Å². The molecule has 0 radical (unpaired) electrons. The van der Waals surface area contributed by atoms with Crippen LogP contribution in [0, 0.1) is 0 Å². The molecule has 4 heteroatoms. The molecule has 0 saturated carbocycles. The summed E-state index contributed by atoms with van der Waals surface area (Å²) < 4.78 is 5.84. The fraction of sp³-hybridized carbons (Fsp3) is 0.267. The highest BCUT2D eigenvalue weighted by atomic mass is 35.5. The summed E-state index contributed by atoms with van der Waals surface area (Å²) in [5.74, 6) is 0.835. The standard InChI is InChI=1S/C15H14ClNO2/c16-13-8-17-7-6-10(13)9-19-15-3-1-2-11-12(15)4-5-14(11)18/h1-3,6-8,14,18H,4-5,9H2. The van der Waals surface area contributed by atoms with Crippen molar-refractivity contribution >= 4 is 11.6 Å². The van der Waals surface area contributed by atoms with Crippen LogP contribution in [-0.2, 0) is 13.0 Å². The molecular formula is C15H14ClNO2. The summed E-state index contributed by atoms with van der Waals surface area (Å²) in [5.41, 5.74) is 3.01. The first-order valence-corrected chi connectivity index (χ1v) is 6.64. The van der Waals surface area contributed by atoms with E-state index in [0.717, 1.165) is 35.3 Å². The summed E-state index contributed by atoms with van der Waals surface area (Å²) in [4.78, 5) is 3.95. The zero-order chi connectivity index (χ0) is 13.2. The number of nitrogens with zero attached hydrogens (tertiary/aromatic N) is 1. The molecule has 19 heavy (non-hydrogen) atoms. The Morgan fingerprint density at radius 3 is 3.11 bits per heavy atom. The quantitative estimate of drug-likeness (QED) is 0.935. The molecule has 2 aromatic rings. The Kier molecular flexibility index (Phi) is 3.40. The normalized spacial score (nSPS) is 17.3. The molecule has 3 nitrogen and oxygen atoms in total. The minimum Gasteiger partial charge on any atom is -0.489 e. The number of pyridine rings is 1. The maximum absolute atomic E-state index is 9.85. The van der Waals surface area contributed by atoms with Gasteiger partial charge in [-0.25, -0.2) is 0 Å². The molecule has 1 unspecified atom stereocenters. The van der Waals surface area contributed by atoms with E-state index in [2.05, 4.69) is 4.98 Å². The van der Waals surface area contributed by atoms with E-state index in [1.165, 1.54) is 0 Å². The monoisotopic (exact) mass is 275 g/mol. The molecule has 1 atom stereocenters. The van der Waals surface area contributed by atoms with E-state index in [-0.39, 0.29) is 6.10 Å². The SMILES string of the molecule is OC1CCc2c(OCc3ccncc3Cl)cccc21. The Morgan fingerprint density at radius 1 is 1.37 bits per heavy atom. The fourth-order valence-electron chi connectivity index (χ4n) is 2.41. The van der Waals surface area contributed by atoms with Crippen molar-refractivity contribution in [2.75, 3.05) is 0 Å². The Hall–Kier alpha value is -1.58. The van der Waals surface area contributed by atoms with E-state index in [0.29, 0.717) is 11.6 Å². The lowest BCUT2D eigenvalue weighted by molar-refractivity contribution is 0.180. The summed E-state index contributed by atoms with van der Waals surface area (Å²) in [6.07, 6.45) is 4.58. The summed E-state index contributed by atoms with van der Waals surface area (Å²) in [7, 11) is 0. The average molecular weight is 276 g/mol. The highest BCUT2D eigenvalue weighted by Crippen LogP contribution is 2.37. The number of fused-ring (bicyclic) bond motifs is 1. The number of aliphatic hydroxyl groups is 1. The second kappa shape index (κ2) is 5.19. The maximum Gasteiger partial charge on any atom is 0.123 e. The van der Waals surface area contributed by atoms with Gasteiger partial charge in [0, 0.05) is 23.5 Å². The van der Waals surface area contributed by atoms with Gasteiger partial charge in [-0.3, -0.25) is 4.98 Å². The number of aliphatic hydroxyl groups excluding tert-OH is 1. The predicted molar refractivity (Wildman–Crippen MR) is 73.3 cm³/mol. The Labute approximate surface area is 116 Å². The van der Waals surface area contributed by atoms with E-state index >= 15 is 0 Å². The Morgan fingerprint density at radius 2 is 2.26 bits per heavy atom. The second-order valence-corrected chi connectivity index (χ2v) is 5.04. The third-order valence-corrected chi connectivity index (χ3v) is 3.78. The van der Waals surface area contributed by atoms with Gasteiger partial charge < -0.3 is 9.84 Å². The van der Waals surface area contributed by atoms with Gasteiger partial charge in [0.2, 0.25) is 0 Å². The van der Waals surface area contributed by atoms with Gasteiger partial charge in [-0.15, -0.1) is 0 Å². The molecule has 0 aliphatic heterocycles. The van der Waals surface area contributed by atoms with E-state index in [1.54, 1.807) is 12.4 Å². The second-order valence-electron chi connectivity index (χ2n) is 4.63. The van der Waals surface area contributed by atoms with Gasteiger partial charge >= 0.3 is 0 Å². The van der Waals surface area contributed by atoms with Crippen LogP contribution in [0.1, 0.15) is 29.2 Å². The van der Waals surface area contributed by atoms with Crippen LogP contribution in [0.15, 0.2) is 36.7 Å². The summed E-state index contributed by atoms with van der Waals surface area (Å²) in [5, 5.41) is 10.5. The minimum atomic E-state index is -0.358. The van der Waals surface area contributed by atoms with E-state index in [1.807, 2.05) is 24.3 Å². The number of ether oxygens (including phenoxy) is 1. The highest BCUT2D eigenvalue weighted by Gasteiger charge is 2.23. The molecule has 1 N–H and O–H groups in total. The molecule has 1 aromatic heterocycles. The van der Waals surface area contributed by atoms with Crippen LogP contribution in [0.4, 0.5) is 0 Å². The summed E-state index contributed by atoms with van der Waals surface area (Å²) in [6.45, 7) is 0.411. The van der Waals surface area contributed by atoms with Crippen LogP contribution in [0.5, 0.6) is 5.75 Å². The number of aromatic nitrogens is 1. The number of halogens is 1. The lowest BCUT2D eigenvalue weighted by Crippen LogP contribution is -1.99. The largest absolute Gasteiger partial charge is 0.489 e. The lowest BCUT2D eigenvalue weighted by atomic mass is 10.1. The van der Waals surface area contributed by atoms with Crippen molar-refractivity contribution in [3.8, 4) is 5.75 Å². The van der Waals surface area contributed by atoms with Crippen molar-refractivity contribution in [3.63, 3.8) is 0 Å². The first-order chi connectivity index (χ1) is 9.25. The van der Waals surface area contributed by atoms with Gasteiger partial charge in [0.25, 0.3) is 0 Å². The van der Waals surface area contributed by atoms with Crippen molar-refractivity contribution in [1.82, 2.24) is 4.98 Å². The van der Waals surface area contributed by atoms with E-state index in [4.69, 9.17) is 16.3 Å². The highest BCUT2D eigenvalue weighted by molar-refractivity contribution is 6.31. The minimum absolute atomic E-state index is 0.358. The van der Waals surface area contributed by atoms with Gasteiger partial charge in [-0.1, -0.05) is 23.7 Å². The molecule has 0 saturated heterocycles. The fourth-order valence-corrected chi connectivity index (χ4v) is 2.58. The van der Waals surface area contributed by atoms with Crippen LogP contribution in [0.3, 0.4) is 0 Å². The van der Waals surface area contributed by atoms with Gasteiger partial charge in [0.05, 0.1) is 11.1 Å². The smallest absolute Gasteiger partial charge is 0.123 e. The zero-order valence-corrected chi connectivity index (χ0v) is 11.1. The molecule has 0 fully saturated rings. The molecule has 0 bridgehead atoms. The van der Waals surface area contributed by atoms with Crippen molar-refractivity contribution < 1.29 is 9.84 Å². The molecule has 1 aromatic carbocycles. The molecule has 0 spiro atoms. The van der Waals surface area contributed by atoms with Crippen molar-refractivity contribution in [2.24, 2.45) is 0 Å². The van der Waals surface area contributed by atoms with Gasteiger partial charge in [-0.2, -0.15) is 0 Å². The molecule has 98 valence electrons. The maximum atomic E-state index is 9.85. The third-order valence-electron chi connectivity index (χ3n) is 3.44. The number of hydrogen-bond acceptors (Lipinski definition) is 3. The van der Waals surface area contributed by atoms with E-state index in [9.17, 15) is 5.11 Å². The number of hydrogen-bond donors (Lipinski definition) is 1. The summed E-state index contributed by atoms with van der Waals surface area (Å²) in [6, 6.07) is 7.66. The molecule has 1 heterocycles. The van der Waals surface area contributed by atoms with Crippen LogP contribution in [0.25, 0.3) is 0 Å². The summed E-state index contributed by atoms with van der Waals surface area (Å²) >= 11 is 6.05. The van der Waals surface area contributed by atoms with Gasteiger partial charge in [0.1, 0.15) is 12.4 Å². The molecule has 0 amide bonds. The number of rotatable bonds is 3. The van der Waals surface area contributed by atoms with Crippen molar-refractivity contribution in [2.45, 2.75) is 25.6 Å². The van der Waals surface area contributed by atoms with Gasteiger partial charge in [-0.05, 0) is 30.5 Å². The Bertz CT molecular complexity index is 600. The van der Waals surface area contributed by atoms with Gasteiger partial charge in [0.15, 0.2) is 0 Å². The molecule has 1 aliphatic carbocycles. The Balaban J connectivity index is 1.80.